The van der Waals surface area contributed by atoms with Gasteiger partial charge in [0.05, 0.1) is 23.7 Å². The highest BCUT2D eigenvalue weighted by molar-refractivity contribution is 6.35. The molecule has 2 aromatic carbocycles. The number of nitrogens with zero attached hydrogens (tertiary/aromatic N) is 1. The first-order valence-electron chi connectivity index (χ1n) is 10.3. The highest BCUT2D eigenvalue weighted by Crippen LogP contribution is 2.26. The fourth-order valence-electron chi connectivity index (χ4n) is 3.14. The first-order valence-corrected chi connectivity index (χ1v) is 11.0. The molecule has 0 aliphatic carbocycles. The van der Waals surface area contributed by atoms with Gasteiger partial charge in [-0.25, -0.2) is 0 Å². The van der Waals surface area contributed by atoms with E-state index in [1.165, 1.54) is 0 Å². The summed E-state index contributed by atoms with van der Waals surface area (Å²) in [6.45, 7) is 5.44. The Morgan fingerprint density at radius 3 is 2.48 bits per heavy atom. The van der Waals surface area contributed by atoms with E-state index >= 15 is 0 Å². The van der Waals surface area contributed by atoms with Gasteiger partial charge in [0.15, 0.2) is 6.61 Å². The van der Waals surface area contributed by atoms with Crippen LogP contribution in [0.3, 0.4) is 0 Å². The zero-order chi connectivity index (χ0) is 24.0. The zero-order valence-corrected chi connectivity index (χ0v) is 20.0. The van der Waals surface area contributed by atoms with Gasteiger partial charge in [-0.2, -0.15) is 0 Å². The van der Waals surface area contributed by atoms with Crippen molar-refractivity contribution < 1.29 is 23.6 Å². The first-order chi connectivity index (χ1) is 15.7. The fraction of sp³-hybridized carbons (Fsp3) is 0.292. The lowest BCUT2D eigenvalue weighted by Gasteiger charge is -2.16. The Kier molecular flexibility index (Phi) is 8.36. The Balaban J connectivity index is 1.43. The SMILES string of the molecule is Cc1noc(C)c1COc1ccc(CC(=O)OCC(=O)NC(C)c2ccc(Cl)cc2Cl)cc1. The maximum absolute atomic E-state index is 12.1. The maximum Gasteiger partial charge on any atom is 0.310 e. The number of hydrogen-bond donors (Lipinski definition) is 1. The molecule has 0 aliphatic rings. The molecule has 0 fully saturated rings. The molecule has 0 radical (unpaired) electrons. The van der Waals surface area contributed by atoms with Crippen LogP contribution in [-0.4, -0.2) is 23.6 Å². The molecule has 1 heterocycles. The van der Waals surface area contributed by atoms with Crippen LogP contribution in [0, 0.1) is 13.8 Å². The van der Waals surface area contributed by atoms with Crippen molar-refractivity contribution in [3.63, 3.8) is 0 Å². The van der Waals surface area contributed by atoms with Crippen molar-refractivity contribution in [3.05, 3.63) is 80.7 Å². The lowest BCUT2D eigenvalue weighted by Crippen LogP contribution is -2.31. The summed E-state index contributed by atoms with van der Waals surface area (Å²) in [6.07, 6.45) is 0.0377. The van der Waals surface area contributed by atoms with Gasteiger partial charge in [-0.15, -0.1) is 0 Å². The van der Waals surface area contributed by atoms with E-state index in [0.29, 0.717) is 22.4 Å². The summed E-state index contributed by atoms with van der Waals surface area (Å²) in [6, 6.07) is 11.8. The Labute approximate surface area is 202 Å². The van der Waals surface area contributed by atoms with E-state index < -0.39 is 11.9 Å². The standard InChI is InChI=1S/C24H24Cl2N2O5/c1-14(20-9-6-18(25)11-22(20)26)27-23(29)13-32-24(30)10-17-4-7-19(8-5-17)31-12-21-15(2)28-33-16(21)3/h4-9,11,14H,10,12-13H2,1-3H3,(H,27,29). The van der Waals surface area contributed by atoms with Crippen LogP contribution in [0.25, 0.3) is 0 Å². The monoisotopic (exact) mass is 490 g/mol. The minimum Gasteiger partial charge on any atom is -0.489 e. The number of benzene rings is 2. The Hall–Kier alpha value is -3.03. The van der Waals surface area contributed by atoms with Crippen molar-refractivity contribution in [1.29, 1.82) is 0 Å². The van der Waals surface area contributed by atoms with Crippen LogP contribution >= 0.6 is 23.2 Å². The summed E-state index contributed by atoms with van der Waals surface area (Å²) in [7, 11) is 0. The van der Waals surface area contributed by atoms with Gasteiger partial charge in [-0.05, 0) is 56.2 Å². The molecule has 7 nitrogen and oxygen atoms in total. The molecule has 0 aliphatic heterocycles. The van der Waals surface area contributed by atoms with Crippen molar-refractivity contribution in [3.8, 4) is 5.75 Å². The Morgan fingerprint density at radius 1 is 1.12 bits per heavy atom. The molecule has 0 spiro atoms. The molecule has 1 N–H and O–H groups in total. The highest BCUT2D eigenvalue weighted by Gasteiger charge is 2.15. The second-order valence-electron chi connectivity index (χ2n) is 7.53. The third kappa shape index (κ3) is 6.97. The summed E-state index contributed by atoms with van der Waals surface area (Å²) >= 11 is 12.1. The molecule has 33 heavy (non-hydrogen) atoms. The number of aryl methyl sites for hydroxylation is 2. The quantitative estimate of drug-likeness (QED) is 0.417. The lowest BCUT2D eigenvalue weighted by molar-refractivity contribution is -0.148. The lowest BCUT2D eigenvalue weighted by atomic mass is 10.1. The second kappa shape index (κ2) is 11.2. The summed E-state index contributed by atoms with van der Waals surface area (Å²) in [5.41, 5.74) is 3.17. The third-order valence-corrected chi connectivity index (χ3v) is 5.57. The molecule has 0 saturated heterocycles. The van der Waals surface area contributed by atoms with Gasteiger partial charge in [0.25, 0.3) is 5.91 Å². The van der Waals surface area contributed by atoms with Crippen LogP contribution in [0.2, 0.25) is 10.0 Å². The molecule has 1 aromatic heterocycles. The highest BCUT2D eigenvalue weighted by atomic mass is 35.5. The van der Waals surface area contributed by atoms with Crippen molar-refractivity contribution in [1.82, 2.24) is 10.5 Å². The molecule has 1 unspecified atom stereocenters. The van der Waals surface area contributed by atoms with Crippen LogP contribution in [0.5, 0.6) is 5.75 Å². The van der Waals surface area contributed by atoms with Crippen LogP contribution in [0.4, 0.5) is 0 Å². The Morgan fingerprint density at radius 2 is 1.85 bits per heavy atom. The largest absolute Gasteiger partial charge is 0.489 e. The van der Waals surface area contributed by atoms with Crippen LogP contribution < -0.4 is 10.1 Å². The normalized spacial score (nSPS) is 11.7. The number of carbonyl (C=O) groups is 2. The average Bonchev–Trinajstić information content (AvgIpc) is 3.09. The van der Waals surface area contributed by atoms with E-state index in [1.807, 2.05) is 13.8 Å². The Bertz CT molecular complexity index is 1110. The molecule has 1 amide bonds. The summed E-state index contributed by atoms with van der Waals surface area (Å²) < 4.78 is 16.0. The van der Waals surface area contributed by atoms with Gasteiger partial charge in [0, 0.05) is 10.0 Å². The molecule has 0 saturated carbocycles. The van der Waals surface area contributed by atoms with Crippen molar-refractivity contribution >= 4 is 35.1 Å². The van der Waals surface area contributed by atoms with Gasteiger partial charge >= 0.3 is 5.97 Å². The molecular formula is C24H24Cl2N2O5. The minimum atomic E-state index is -0.508. The van der Waals surface area contributed by atoms with Gasteiger partial charge in [-0.1, -0.05) is 46.6 Å². The molecule has 3 aromatic rings. The summed E-state index contributed by atoms with van der Waals surface area (Å²) in [5, 5.41) is 7.60. The van der Waals surface area contributed by atoms with Gasteiger partial charge < -0.3 is 19.3 Å². The van der Waals surface area contributed by atoms with Crippen molar-refractivity contribution in [2.45, 2.75) is 39.8 Å². The van der Waals surface area contributed by atoms with E-state index in [4.69, 9.17) is 37.2 Å². The van der Waals surface area contributed by atoms with Crippen LogP contribution in [0.1, 0.15) is 41.1 Å². The number of esters is 1. The van der Waals surface area contributed by atoms with E-state index in [0.717, 1.165) is 28.1 Å². The molecule has 9 heteroatoms. The number of halogens is 2. The number of rotatable bonds is 9. The first kappa shape index (κ1) is 24.6. The van der Waals surface area contributed by atoms with E-state index in [2.05, 4.69) is 10.5 Å². The van der Waals surface area contributed by atoms with Crippen molar-refractivity contribution in [2.75, 3.05) is 6.61 Å². The topological polar surface area (TPSA) is 90.7 Å². The fourth-order valence-corrected chi connectivity index (χ4v) is 3.72. The number of ether oxygens (including phenoxy) is 2. The molecule has 3 rings (SSSR count). The molecule has 0 bridgehead atoms. The third-order valence-electron chi connectivity index (χ3n) is 5.01. The number of aromatic nitrogens is 1. The number of hydrogen-bond acceptors (Lipinski definition) is 6. The van der Waals surface area contributed by atoms with Crippen molar-refractivity contribution in [2.24, 2.45) is 0 Å². The molecule has 1 atom stereocenters. The smallest absolute Gasteiger partial charge is 0.310 e. The maximum atomic E-state index is 12.1. The summed E-state index contributed by atoms with van der Waals surface area (Å²) in [4.78, 5) is 24.3. The molecular weight excluding hydrogens is 467 g/mol. The van der Waals surface area contributed by atoms with Gasteiger partial charge in [0.1, 0.15) is 18.1 Å². The van der Waals surface area contributed by atoms with E-state index in [-0.39, 0.29) is 19.1 Å². The summed E-state index contributed by atoms with van der Waals surface area (Å²) in [5.74, 6) is 0.444. The van der Waals surface area contributed by atoms with Gasteiger partial charge in [-0.3, -0.25) is 9.59 Å². The minimum absolute atomic E-state index is 0.0377. The predicted octanol–water partition coefficient (Wildman–Crippen LogP) is 5.14. The number of carbonyl (C=O) groups excluding carboxylic acids is 2. The molecule has 174 valence electrons. The van der Waals surface area contributed by atoms with Crippen LogP contribution in [0.15, 0.2) is 47.0 Å². The number of nitrogens with one attached hydrogen (secondary N) is 1. The predicted molar refractivity (Wildman–Crippen MR) is 124 cm³/mol. The van der Waals surface area contributed by atoms with E-state index in [1.54, 1.807) is 49.4 Å². The van der Waals surface area contributed by atoms with E-state index in [9.17, 15) is 9.59 Å². The average molecular weight is 491 g/mol. The van der Waals surface area contributed by atoms with Gasteiger partial charge in [0.2, 0.25) is 0 Å². The number of amides is 1. The zero-order valence-electron chi connectivity index (χ0n) is 18.5. The van der Waals surface area contributed by atoms with Crippen LogP contribution in [-0.2, 0) is 27.4 Å². The second-order valence-corrected chi connectivity index (χ2v) is 8.37.